The maximum Gasteiger partial charge on any atom is 0.255 e. The van der Waals surface area contributed by atoms with Crippen molar-refractivity contribution in [3.8, 4) is 5.75 Å². The summed E-state index contributed by atoms with van der Waals surface area (Å²) in [4.78, 5) is 77.6. The summed E-state index contributed by atoms with van der Waals surface area (Å²) in [6.07, 6.45) is 3.75. The summed E-state index contributed by atoms with van der Waals surface area (Å²) < 4.78 is 25.6. The predicted molar refractivity (Wildman–Crippen MR) is 220 cm³/mol. The number of benzene rings is 3. The second-order valence-corrected chi connectivity index (χ2v) is 15.6. The van der Waals surface area contributed by atoms with Gasteiger partial charge in [0.1, 0.15) is 36.4 Å². The molecule has 0 saturated carbocycles. The maximum absolute atomic E-state index is 13.7. The second kappa shape index (κ2) is 19.0. The highest BCUT2D eigenvalue weighted by molar-refractivity contribution is 7.99. The number of nitrogens with one attached hydrogen (secondary N) is 3. The van der Waals surface area contributed by atoms with Crippen molar-refractivity contribution in [2.45, 2.75) is 36.7 Å². The van der Waals surface area contributed by atoms with Crippen LogP contribution in [0.2, 0.25) is 5.02 Å². The van der Waals surface area contributed by atoms with Crippen molar-refractivity contribution < 1.29 is 37.8 Å². The van der Waals surface area contributed by atoms with E-state index in [0.29, 0.717) is 104 Å². The van der Waals surface area contributed by atoms with Crippen molar-refractivity contribution in [2.75, 3.05) is 68.9 Å². The third-order valence-electron chi connectivity index (χ3n) is 10.2. The van der Waals surface area contributed by atoms with Gasteiger partial charge >= 0.3 is 0 Å². The van der Waals surface area contributed by atoms with Crippen LogP contribution in [0.4, 0.5) is 21.6 Å². The minimum atomic E-state index is -0.668. The Morgan fingerprint density at radius 3 is 2.68 bits per heavy atom. The molecule has 18 heteroatoms. The van der Waals surface area contributed by atoms with Gasteiger partial charge in [-0.3, -0.25) is 34.2 Å². The minimum Gasteiger partial charge on any atom is -0.491 e. The molecule has 1 unspecified atom stereocenters. The van der Waals surface area contributed by atoms with Gasteiger partial charge in [0.05, 0.1) is 29.4 Å². The van der Waals surface area contributed by atoms with E-state index >= 15 is 0 Å². The van der Waals surface area contributed by atoms with Gasteiger partial charge in [0.2, 0.25) is 23.6 Å². The van der Waals surface area contributed by atoms with E-state index in [-0.39, 0.29) is 35.8 Å². The van der Waals surface area contributed by atoms with Crippen molar-refractivity contribution >= 4 is 81.0 Å². The molecule has 4 heterocycles. The summed E-state index contributed by atoms with van der Waals surface area (Å²) in [5.41, 5.74) is 2.91. The Kier molecular flexibility index (Phi) is 13.4. The summed E-state index contributed by atoms with van der Waals surface area (Å²) in [5.74, 6) is -0.576. The SMILES string of the molecule is C=CC(=O)Nc1cc2c(Nc3ccc(F)c(Cl)c3)ncnc2cc1OCCCN1CCN(C(=O)COCCSc2cccc3c2CN(C2CCC(=O)NC2=O)C3=O)CC1. The molecule has 2 saturated heterocycles. The summed E-state index contributed by atoms with van der Waals surface area (Å²) >= 11 is 7.49. The quantitative estimate of drug-likeness (QED) is 0.0611. The van der Waals surface area contributed by atoms with Crippen molar-refractivity contribution in [3.05, 3.63) is 89.5 Å². The molecule has 1 atom stereocenters. The number of piperazine rings is 1. The number of halogens is 2. The highest BCUT2D eigenvalue weighted by Crippen LogP contribution is 2.36. The molecule has 3 aliphatic heterocycles. The van der Waals surface area contributed by atoms with Crippen LogP contribution in [0, 0.1) is 5.82 Å². The van der Waals surface area contributed by atoms with Gasteiger partial charge in [-0.25, -0.2) is 14.4 Å². The molecule has 0 spiro atoms. The number of fused-ring (bicyclic) bond motifs is 2. The summed E-state index contributed by atoms with van der Waals surface area (Å²) in [5, 5.41) is 8.80. The molecular formula is C41H42ClFN8O7S. The number of amides is 5. The van der Waals surface area contributed by atoms with Crippen LogP contribution in [0.1, 0.15) is 35.2 Å². The van der Waals surface area contributed by atoms with Crippen LogP contribution >= 0.6 is 23.4 Å². The largest absolute Gasteiger partial charge is 0.491 e. The van der Waals surface area contributed by atoms with Crippen LogP contribution in [-0.4, -0.2) is 119 Å². The Balaban J connectivity index is 0.832. The monoisotopic (exact) mass is 844 g/mol. The fourth-order valence-corrected chi connectivity index (χ4v) is 8.27. The highest BCUT2D eigenvalue weighted by Gasteiger charge is 2.39. The molecule has 7 rings (SSSR count). The Bertz CT molecular complexity index is 2290. The van der Waals surface area contributed by atoms with Crippen LogP contribution in [0.15, 0.2) is 72.4 Å². The molecule has 59 heavy (non-hydrogen) atoms. The molecule has 1 aromatic heterocycles. The first-order valence-electron chi connectivity index (χ1n) is 19.1. The lowest BCUT2D eigenvalue weighted by molar-refractivity contribution is -0.138. The Morgan fingerprint density at radius 2 is 1.90 bits per heavy atom. The molecule has 0 aliphatic carbocycles. The number of imide groups is 1. The third kappa shape index (κ3) is 9.99. The fraction of sp³-hybridized carbons (Fsp3) is 0.341. The molecule has 0 bridgehead atoms. The lowest BCUT2D eigenvalue weighted by Gasteiger charge is -2.34. The van der Waals surface area contributed by atoms with Crippen LogP contribution in [0.3, 0.4) is 0 Å². The van der Waals surface area contributed by atoms with Crippen LogP contribution in [0.25, 0.3) is 10.9 Å². The summed E-state index contributed by atoms with van der Waals surface area (Å²) in [6, 6.07) is 12.5. The van der Waals surface area contributed by atoms with Crippen LogP contribution in [-0.2, 0) is 30.5 Å². The third-order valence-corrected chi connectivity index (χ3v) is 11.6. The van der Waals surface area contributed by atoms with Crippen LogP contribution < -0.4 is 20.7 Å². The number of carbonyl (C=O) groups excluding carboxylic acids is 5. The highest BCUT2D eigenvalue weighted by atomic mass is 35.5. The van der Waals surface area contributed by atoms with E-state index in [2.05, 4.69) is 37.4 Å². The van der Waals surface area contributed by atoms with Gasteiger partial charge in [-0.05, 0) is 60.9 Å². The molecule has 3 N–H and O–H groups in total. The van der Waals surface area contributed by atoms with Gasteiger partial charge in [-0.2, -0.15) is 0 Å². The van der Waals surface area contributed by atoms with E-state index in [1.807, 2.05) is 12.1 Å². The Labute approximate surface area is 348 Å². The number of nitrogens with zero attached hydrogens (tertiary/aromatic N) is 5. The topological polar surface area (TPSA) is 175 Å². The number of ether oxygens (including phenoxy) is 2. The first kappa shape index (κ1) is 41.5. The molecular weight excluding hydrogens is 803 g/mol. The predicted octanol–water partition coefficient (Wildman–Crippen LogP) is 4.77. The lowest BCUT2D eigenvalue weighted by atomic mass is 10.0. The number of hydrogen-bond donors (Lipinski definition) is 3. The van der Waals surface area contributed by atoms with Gasteiger partial charge in [0.25, 0.3) is 5.91 Å². The molecule has 15 nitrogen and oxygen atoms in total. The zero-order valence-electron chi connectivity index (χ0n) is 32.0. The smallest absolute Gasteiger partial charge is 0.255 e. The van der Waals surface area contributed by atoms with Crippen LogP contribution in [0.5, 0.6) is 5.75 Å². The van der Waals surface area contributed by atoms with E-state index in [4.69, 9.17) is 21.1 Å². The van der Waals surface area contributed by atoms with Gasteiger partial charge in [0.15, 0.2) is 0 Å². The second-order valence-electron chi connectivity index (χ2n) is 14.0. The Hall–Kier alpha value is -5.62. The zero-order chi connectivity index (χ0) is 41.5. The van der Waals surface area contributed by atoms with Crippen molar-refractivity contribution in [2.24, 2.45) is 0 Å². The number of piperidine rings is 1. The zero-order valence-corrected chi connectivity index (χ0v) is 33.6. The molecule has 5 amide bonds. The summed E-state index contributed by atoms with van der Waals surface area (Å²) in [7, 11) is 0. The molecule has 4 aromatic rings. The van der Waals surface area contributed by atoms with Gasteiger partial charge in [-0.15, -0.1) is 11.8 Å². The Morgan fingerprint density at radius 1 is 1.07 bits per heavy atom. The minimum absolute atomic E-state index is 0.0252. The number of hydrogen-bond acceptors (Lipinski definition) is 12. The lowest BCUT2D eigenvalue weighted by Crippen LogP contribution is -2.52. The average Bonchev–Trinajstić information content (AvgIpc) is 3.57. The molecule has 308 valence electrons. The normalized spacial score (nSPS) is 16.8. The molecule has 0 radical (unpaired) electrons. The van der Waals surface area contributed by atoms with Crippen molar-refractivity contribution in [3.63, 3.8) is 0 Å². The number of carbonyl (C=O) groups is 5. The van der Waals surface area contributed by atoms with E-state index < -0.39 is 23.7 Å². The van der Waals surface area contributed by atoms with E-state index in [9.17, 15) is 28.4 Å². The molecule has 2 fully saturated rings. The van der Waals surface area contributed by atoms with Crippen molar-refractivity contribution in [1.29, 1.82) is 0 Å². The van der Waals surface area contributed by atoms with Crippen molar-refractivity contribution in [1.82, 2.24) is 30.0 Å². The van der Waals surface area contributed by atoms with E-state index in [1.54, 1.807) is 23.1 Å². The average molecular weight is 845 g/mol. The van der Waals surface area contributed by atoms with Gasteiger partial charge < -0.3 is 29.9 Å². The first-order chi connectivity index (χ1) is 28.6. The van der Waals surface area contributed by atoms with Gasteiger partial charge in [0, 0.05) is 79.0 Å². The van der Waals surface area contributed by atoms with E-state index in [0.717, 1.165) is 23.1 Å². The van der Waals surface area contributed by atoms with Gasteiger partial charge in [-0.1, -0.05) is 24.2 Å². The number of thioether (sulfide) groups is 1. The summed E-state index contributed by atoms with van der Waals surface area (Å²) in [6.45, 7) is 7.84. The fourth-order valence-electron chi connectivity index (χ4n) is 7.14. The number of rotatable bonds is 16. The number of anilines is 3. The van der Waals surface area contributed by atoms with E-state index in [1.165, 1.54) is 41.2 Å². The standard InChI is InChI=1S/C41H42ClFN8O7S/c1-2-36(52)47-32-20-27-31(44-24-45-39(27)46-25-7-8-30(43)29(42)19-25)21-34(32)58-16-4-11-49-12-14-50(15-13-49)38(54)23-57-17-18-59-35-6-3-5-26-28(35)22-51(41(26)56)33-9-10-37(53)48-40(33)55/h2-3,5-8,19-21,24,33H,1,4,9-18,22-23H2,(H,47,52)(H,44,45,46)(H,48,53,55). The first-order valence-corrected chi connectivity index (χ1v) is 20.5. The molecule has 3 aromatic carbocycles. The maximum atomic E-state index is 13.7. The number of aromatic nitrogens is 2. The molecule has 3 aliphatic rings.